The van der Waals surface area contributed by atoms with Gasteiger partial charge in [0.05, 0.1) is 11.6 Å². The Bertz CT molecular complexity index is 1050. The molecule has 3 rings (SSSR count). The van der Waals surface area contributed by atoms with Gasteiger partial charge in [-0.1, -0.05) is 47.5 Å². The Balaban J connectivity index is 1.73. The number of hydrogen-bond acceptors (Lipinski definition) is 3. The maximum atomic E-state index is 12.9. The van der Waals surface area contributed by atoms with Gasteiger partial charge in [0.2, 0.25) is 0 Å². The number of ether oxygens (including phenoxy) is 1. The molecular weight excluding hydrogens is 402 g/mol. The molecule has 0 aromatic heterocycles. The Kier molecular flexibility index (Phi) is 6.75. The summed E-state index contributed by atoms with van der Waals surface area (Å²) in [7, 11) is 0. The number of nitrogens with one attached hydrogen (secondary N) is 1. The molecule has 0 aliphatic carbocycles. The number of rotatable bonds is 7. The molecule has 2 N–H and O–H groups in total. The van der Waals surface area contributed by atoms with Crippen molar-refractivity contribution in [3.8, 4) is 5.75 Å². The standard InChI is InChI=1S/C24H22ClNO4/c1-15-3-11-21(12-4-15)30-14-19-9-10-20(25)13-22(19)23(27)26-16(2)17-5-7-18(8-6-17)24(28)29/h3-13,16H,14H2,1-2H3,(H,26,27)(H,28,29). The van der Waals surface area contributed by atoms with Crippen LogP contribution in [0.3, 0.4) is 0 Å². The molecule has 1 unspecified atom stereocenters. The van der Waals surface area contributed by atoms with Crippen molar-refractivity contribution in [3.05, 3.63) is 99.6 Å². The van der Waals surface area contributed by atoms with Crippen molar-refractivity contribution in [2.45, 2.75) is 26.5 Å². The lowest BCUT2D eigenvalue weighted by Gasteiger charge is -2.17. The van der Waals surface area contributed by atoms with Crippen LogP contribution in [-0.2, 0) is 6.61 Å². The largest absolute Gasteiger partial charge is 0.489 e. The normalized spacial score (nSPS) is 11.6. The summed E-state index contributed by atoms with van der Waals surface area (Å²) >= 11 is 6.12. The maximum Gasteiger partial charge on any atom is 0.335 e. The molecular formula is C24H22ClNO4. The molecule has 0 radical (unpaired) electrons. The third-order valence-electron chi connectivity index (χ3n) is 4.74. The molecule has 5 nitrogen and oxygen atoms in total. The summed E-state index contributed by atoms with van der Waals surface area (Å²) < 4.78 is 5.82. The summed E-state index contributed by atoms with van der Waals surface area (Å²) in [6.07, 6.45) is 0. The second kappa shape index (κ2) is 9.46. The van der Waals surface area contributed by atoms with Crippen molar-refractivity contribution >= 4 is 23.5 Å². The average Bonchev–Trinajstić information content (AvgIpc) is 2.74. The van der Waals surface area contributed by atoms with Crippen molar-refractivity contribution < 1.29 is 19.4 Å². The van der Waals surface area contributed by atoms with Gasteiger partial charge in [0.15, 0.2) is 0 Å². The smallest absolute Gasteiger partial charge is 0.335 e. The first kappa shape index (κ1) is 21.4. The van der Waals surface area contributed by atoms with Gasteiger partial charge >= 0.3 is 5.97 Å². The molecule has 0 aliphatic rings. The molecule has 0 saturated heterocycles. The van der Waals surface area contributed by atoms with Gasteiger partial charge in [0, 0.05) is 16.1 Å². The predicted molar refractivity (Wildman–Crippen MR) is 116 cm³/mol. The minimum absolute atomic E-state index is 0.197. The van der Waals surface area contributed by atoms with Crippen molar-refractivity contribution in [1.29, 1.82) is 0 Å². The molecule has 0 aliphatic heterocycles. The highest BCUT2D eigenvalue weighted by Gasteiger charge is 2.16. The number of benzene rings is 3. The molecule has 3 aromatic rings. The Morgan fingerprint density at radius 2 is 1.70 bits per heavy atom. The SMILES string of the molecule is Cc1ccc(OCc2ccc(Cl)cc2C(=O)NC(C)c2ccc(C(=O)O)cc2)cc1. The number of amides is 1. The molecule has 0 spiro atoms. The number of halogens is 1. The minimum atomic E-state index is -0.990. The van der Waals surface area contributed by atoms with Crippen molar-refractivity contribution in [3.63, 3.8) is 0 Å². The summed E-state index contributed by atoms with van der Waals surface area (Å²) in [4.78, 5) is 23.9. The minimum Gasteiger partial charge on any atom is -0.489 e. The van der Waals surface area contributed by atoms with Gasteiger partial charge in [-0.15, -0.1) is 0 Å². The van der Waals surface area contributed by atoms with Gasteiger partial charge in [0.1, 0.15) is 12.4 Å². The number of hydrogen-bond donors (Lipinski definition) is 2. The zero-order valence-electron chi connectivity index (χ0n) is 16.7. The van der Waals surface area contributed by atoms with Crippen molar-refractivity contribution in [2.75, 3.05) is 0 Å². The van der Waals surface area contributed by atoms with Crippen LogP contribution in [0, 0.1) is 6.92 Å². The maximum absolute atomic E-state index is 12.9. The van der Waals surface area contributed by atoms with Crippen LogP contribution in [0.4, 0.5) is 0 Å². The first-order chi connectivity index (χ1) is 14.3. The highest BCUT2D eigenvalue weighted by molar-refractivity contribution is 6.31. The molecule has 6 heteroatoms. The van der Waals surface area contributed by atoms with Gasteiger partial charge in [-0.05, 0) is 55.8 Å². The Morgan fingerprint density at radius 3 is 2.33 bits per heavy atom. The van der Waals surface area contributed by atoms with Crippen LogP contribution in [0.1, 0.15) is 50.4 Å². The fraction of sp³-hybridized carbons (Fsp3) is 0.167. The number of carbonyl (C=O) groups excluding carboxylic acids is 1. The van der Waals surface area contributed by atoms with Crippen LogP contribution in [0.5, 0.6) is 5.75 Å². The van der Waals surface area contributed by atoms with E-state index in [1.54, 1.807) is 30.3 Å². The Labute approximate surface area is 180 Å². The van der Waals surface area contributed by atoms with Crippen LogP contribution >= 0.6 is 11.6 Å². The lowest BCUT2D eigenvalue weighted by Crippen LogP contribution is -2.27. The van der Waals surface area contributed by atoms with Crippen LogP contribution in [0.25, 0.3) is 0 Å². The number of carboxylic acid groups (broad SMARTS) is 1. The highest BCUT2D eigenvalue weighted by atomic mass is 35.5. The quantitative estimate of drug-likeness (QED) is 0.532. The Morgan fingerprint density at radius 1 is 1.03 bits per heavy atom. The summed E-state index contributed by atoms with van der Waals surface area (Å²) in [5.74, 6) is -0.556. The van der Waals surface area contributed by atoms with E-state index in [9.17, 15) is 9.59 Å². The number of carbonyl (C=O) groups is 2. The van der Waals surface area contributed by atoms with E-state index in [0.717, 1.165) is 11.1 Å². The van der Waals surface area contributed by atoms with Gasteiger partial charge in [-0.25, -0.2) is 4.79 Å². The molecule has 1 amide bonds. The zero-order valence-corrected chi connectivity index (χ0v) is 17.4. The van der Waals surface area contributed by atoms with E-state index < -0.39 is 5.97 Å². The fourth-order valence-corrected chi connectivity index (χ4v) is 3.13. The average molecular weight is 424 g/mol. The van der Waals surface area contributed by atoms with Crippen molar-refractivity contribution in [2.24, 2.45) is 0 Å². The molecule has 1 atom stereocenters. The molecule has 30 heavy (non-hydrogen) atoms. The second-order valence-corrected chi connectivity index (χ2v) is 7.46. The summed E-state index contributed by atoms with van der Waals surface area (Å²) in [5, 5.41) is 12.4. The number of aryl methyl sites for hydroxylation is 1. The lowest BCUT2D eigenvalue weighted by molar-refractivity contribution is 0.0696. The van der Waals surface area contributed by atoms with Crippen LogP contribution in [0.15, 0.2) is 66.7 Å². The molecule has 0 saturated carbocycles. The van der Waals surface area contributed by atoms with Crippen LogP contribution in [0.2, 0.25) is 5.02 Å². The number of carboxylic acids is 1. The summed E-state index contributed by atoms with van der Waals surface area (Å²) in [6, 6.07) is 18.9. The first-order valence-corrected chi connectivity index (χ1v) is 9.83. The monoisotopic (exact) mass is 423 g/mol. The molecule has 154 valence electrons. The van der Waals surface area contributed by atoms with E-state index in [1.165, 1.54) is 12.1 Å². The van der Waals surface area contributed by atoms with Crippen LogP contribution in [-0.4, -0.2) is 17.0 Å². The van der Waals surface area contributed by atoms with Gasteiger partial charge in [-0.3, -0.25) is 4.79 Å². The van der Waals surface area contributed by atoms with Gasteiger partial charge in [0.25, 0.3) is 5.91 Å². The van der Waals surface area contributed by atoms with E-state index in [-0.39, 0.29) is 24.1 Å². The molecule has 0 bridgehead atoms. The third kappa shape index (κ3) is 5.39. The highest BCUT2D eigenvalue weighted by Crippen LogP contribution is 2.21. The van der Waals surface area contributed by atoms with E-state index in [0.29, 0.717) is 21.9 Å². The Hall–Kier alpha value is -3.31. The van der Waals surface area contributed by atoms with E-state index in [1.807, 2.05) is 38.1 Å². The van der Waals surface area contributed by atoms with Crippen molar-refractivity contribution in [1.82, 2.24) is 5.32 Å². The molecule has 3 aromatic carbocycles. The fourth-order valence-electron chi connectivity index (χ4n) is 2.95. The zero-order chi connectivity index (χ0) is 21.7. The summed E-state index contributed by atoms with van der Waals surface area (Å²) in [6.45, 7) is 4.06. The van der Waals surface area contributed by atoms with E-state index in [4.69, 9.17) is 21.4 Å². The second-order valence-electron chi connectivity index (χ2n) is 7.03. The summed E-state index contributed by atoms with van der Waals surface area (Å²) in [5.41, 5.74) is 3.28. The number of aromatic carboxylic acids is 1. The topological polar surface area (TPSA) is 75.6 Å². The molecule has 0 heterocycles. The third-order valence-corrected chi connectivity index (χ3v) is 4.97. The van der Waals surface area contributed by atoms with E-state index >= 15 is 0 Å². The van der Waals surface area contributed by atoms with Gasteiger partial charge < -0.3 is 15.2 Å². The predicted octanol–water partition coefficient (Wildman–Crippen LogP) is 5.42. The van der Waals surface area contributed by atoms with E-state index in [2.05, 4.69) is 5.32 Å². The molecule has 0 fully saturated rings. The lowest BCUT2D eigenvalue weighted by atomic mass is 10.0. The van der Waals surface area contributed by atoms with Crippen LogP contribution < -0.4 is 10.1 Å². The first-order valence-electron chi connectivity index (χ1n) is 9.45. The van der Waals surface area contributed by atoms with Gasteiger partial charge in [-0.2, -0.15) is 0 Å².